The van der Waals surface area contributed by atoms with Crippen LogP contribution in [0, 0.1) is 0 Å². The molecule has 6 heteroatoms. The molecule has 106 valence electrons. The van der Waals surface area contributed by atoms with Crippen LogP contribution in [0.1, 0.15) is 18.7 Å². The second-order valence-corrected chi connectivity index (χ2v) is 6.32. The van der Waals surface area contributed by atoms with E-state index >= 15 is 0 Å². The number of nitrogens with one attached hydrogen (secondary N) is 1. The van der Waals surface area contributed by atoms with Gasteiger partial charge in [-0.2, -0.15) is 0 Å². The third-order valence-electron chi connectivity index (χ3n) is 3.35. The number of fused-ring (bicyclic) bond motifs is 1. The first-order valence-electron chi connectivity index (χ1n) is 6.67. The molecule has 2 aromatic rings. The molecule has 1 aromatic carbocycles. The predicted molar refractivity (Wildman–Crippen MR) is 83.0 cm³/mol. The normalized spacial score (nSPS) is 14.7. The Balaban J connectivity index is 1.92. The maximum atomic E-state index is 12.0. The standard InChI is InChI=1S/C14H15BrClN3O/c15-9-1-4-12-11(7-9)18-13(5-6-16)19(12)8-14(20)17-10-2-3-10/h1,4,7,10H,2-3,5-6,8H2,(H,17,20). The number of halogens is 2. The molecule has 0 atom stereocenters. The van der Waals surface area contributed by atoms with E-state index in [0.717, 1.165) is 34.2 Å². The summed E-state index contributed by atoms with van der Waals surface area (Å²) >= 11 is 9.28. The topological polar surface area (TPSA) is 46.9 Å². The number of benzene rings is 1. The number of aryl methyl sites for hydroxylation is 1. The summed E-state index contributed by atoms with van der Waals surface area (Å²) in [6, 6.07) is 6.28. The lowest BCUT2D eigenvalue weighted by Gasteiger charge is -2.08. The molecule has 0 spiro atoms. The first kappa shape index (κ1) is 13.9. The van der Waals surface area contributed by atoms with E-state index in [4.69, 9.17) is 11.6 Å². The maximum Gasteiger partial charge on any atom is 0.240 e. The molecular weight excluding hydrogens is 342 g/mol. The number of carbonyl (C=O) groups excluding carboxylic acids is 1. The van der Waals surface area contributed by atoms with Gasteiger partial charge in [-0.05, 0) is 31.0 Å². The lowest BCUT2D eigenvalue weighted by molar-refractivity contribution is -0.121. The highest BCUT2D eigenvalue weighted by Gasteiger charge is 2.24. The highest BCUT2D eigenvalue weighted by molar-refractivity contribution is 9.10. The smallest absolute Gasteiger partial charge is 0.240 e. The molecule has 0 bridgehead atoms. The van der Waals surface area contributed by atoms with E-state index in [1.165, 1.54) is 0 Å². The molecule has 1 aliphatic rings. The second kappa shape index (κ2) is 5.74. The molecule has 1 fully saturated rings. The molecule has 1 amide bonds. The molecule has 4 nitrogen and oxygen atoms in total. The summed E-state index contributed by atoms with van der Waals surface area (Å²) in [5, 5.41) is 3.01. The zero-order chi connectivity index (χ0) is 14.1. The van der Waals surface area contributed by atoms with Crippen LogP contribution in [0.3, 0.4) is 0 Å². The van der Waals surface area contributed by atoms with Crippen LogP contribution >= 0.6 is 27.5 Å². The van der Waals surface area contributed by atoms with Crippen molar-refractivity contribution in [3.05, 3.63) is 28.5 Å². The Kier molecular flexibility index (Phi) is 3.98. The summed E-state index contributed by atoms with van der Waals surface area (Å²) < 4.78 is 2.94. The summed E-state index contributed by atoms with van der Waals surface area (Å²) in [6.45, 7) is 0.306. The van der Waals surface area contributed by atoms with Gasteiger partial charge >= 0.3 is 0 Å². The van der Waals surface area contributed by atoms with E-state index < -0.39 is 0 Å². The van der Waals surface area contributed by atoms with E-state index in [1.807, 2.05) is 22.8 Å². The number of amides is 1. The molecule has 0 unspecified atom stereocenters. The van der Waals surface area contributed by atoms with Crippen LogP contribution in [0.25, 0.3) is 11.0 Å². The van der Waals surface area contributed by atoms with Gasteiger partial charge in [-0.15, -0.1) is 11.6 Å². The average molecular weight is 357 g/mol. The molecule has 3 rings (SSSR count). The molecule has 0 saturated heterocycles. The van der Waals surface area contributed by atoms with Crippen molar-refractivity contribution in [2.45, 2.75) is 31.8 Å². The zero-order valence-corrected chi connectivity index (χ0v) is 13.2. The van der Waals surface area contributed by atoms with Gasteiger partial charge < -0.3 is 9.88 Å². The van der Waals surface area contributed by atoms with Crippen molar-refractivity contribution < 1.29 is 4.79 Å². The van der Waals surface area contributed by atoms with Crippen LogP contribution in [0.15, 0.2) is 22.7 Å². The van der Waals surface area contributed by atoms with Crippen LogP contribution in [0.2, 0.25) is 0 Å². The van der Waals surface area contributed by atoms with E-state index in [2.05, 4.69) is 26.2 Å². The molecular formula is C14H15BrClN3O. The quantitative estimate of drug-likeness (QED) is 0.837. The number of carbonyl (C=O) groups is 1. The third-order valence-corrected chi connectivity index (χ3v) is 4.03. The van der Waals surface area contributed by atoms with Crippen LogP contribution in [0.4, 0.5) is 0 Å². The van der Waals surface area contributed by atoms with Crippen molar-refractivity contribution in [1.29, 1.82) is 0 Å². The van der Waals surface area contributed by atoms with Gasteiger partial charge in [0.15, 0.2) is 0 Å². The number of imidazole rings is 1. The molecule has 20 heavy (non-hydrogen) atoms. The predicted octanol–water partition coefficient (Wildman–Crippen LogP) is 2.86. The highest BCUT2D eigenvalue weighted by Crippen LogP contribution is 2.22. The summed E-state index contributed by atoms with van der Waals surface area (Å²) in [7, 11) is 0. The number of rotatable bonds is 5. The van der Waals surface area contributed by atoms with Gasteiger partial charge in [0, 0.05) is 22.8 Å². The molecule has 0 aliphatic heterocycles. The Labute approximate surface area is 130 Å². The Morgan fingerprint density at radius 3 is 3.00 bits per heavy atom. The number of aromatic nitrogens is 2. The summed E-state index contributed by atoms with van der Waals surface area (Å²) in [5.41, 5.74) is 1.86. The summed E-state index contributed by atoms with van der Waals surface area (Å²) in [4.78, 5) is 16.6. The fraction of sp³-hybridized carbons (Fsp3) is 0.429. The minimum Gasteiger partial charge on any atom is -0.352 e. The Hall–Kier alpha value is -1.07. The minimum absolute atomic E-state index is 0.0468. The Morgan fingerprint density at radius 1 is 1.50 bits per heavy atom. The first-order chi connectivity index (χ1) is 9.67. The fourth-order valence-corrected chi connectivity index (χ4v) is 2.77. The van der Waals surface area contributed by atoms with E-state index in [9.17, 15) is 4.79 Å². The lowest BCUT2D eigenvalue weighted by Crippen LogP contribution is -2.29. The van der Waals surface area contributed by atoms with Gasteiger partial charge in [-0.1, -0.05) is 15.9 Å². The monoisotopic (exact) mass is 355 g/mol. The molecule has 0 radical (unpaired) electrons. The van der Waals surface area contributed by atoms with E-state index in [-0.39, 0.29) is 5.91 Å². The Bertz CT molecular complexity index is 651. The molecule has 1 aliphatic carbocycles. The van der Waals surface area contributed by atoms with Gasteiger partial charge in [-0.3, -0.25) is 4.79 Å². The van der Waals surface area contributed by atoms with Crippen molar-refractivity contribution in [2.75, 3.05) is 5.88 Å². The van der Waals surface area contributed by atoms with Gasteiger partial charge in [0.25, 0.3) is 0 Å². The largest absolute Gasteiger partial charge is 0.352 e. The molecule has 1 heterocycles. The summed E-state index contributed by atoms with van der Waals surface area (Å²) in [6.07, 6.45) is 2.85. The number of hydrogen-bond donors (Lipinski definition) is 1. The van der Waals surface area contributed by atoms with Crippen molar-refractivity contribution in [3.8, 4) is 0 Å². The average Bonchev–Trinajstić information content (AvgIpc) is 3.14. The number of alkyl halides is 1. The van der Waals surface area contributed by atoms with Gasteiger partial charge in [-0.25, -0.2) is 4.98 Å². The van der Waals surface area contributed by atoms with Crippen molar-refractivity contribution >= 4 is 44.5 Å². The Morgan fingerprint density at radius 2 is 2.30 bits per heavy atom. The van der Waals surface area contributed by atoms with Crippen LogP contribution in [-0.4, -0.2) is 27.4 Å². The zero-order valence-electron chi connectivity index (χ0n) is 10.9. The lowest BCUT2D eigenvalue weighted by atomic mass is 10.3. The van der Waals surface area contributed by atoms with E-state index in [0.29, 0.717) is 24.9 Å². The van der Waals surface area contributed by atoms with Crippen molar-refractivity contribution in [2.24, 2.45) is 0 Å². The van der Waals surface area contributed by atoms with Crippen LogP contribution in [-0.2, 0) is 17.8 Å². The second-order valence-electron chi connectivity index (χ2n) is 5.03. The molecule has 1 N–H and O–H groups in total. The fourth-order valence-electron chi connectivity index (χ4n) is 2.25. The number of hydrogen-bond acceptors (Lipinski definition) is 2. The van der Waals surface area contributed by atoms with Gasteiger partial charge in [0.1, 0.15) is 12.4 Å². The van der Waals surface area contributed by atoms with Crippen molar-refractivity contribution in [1.82, 2.24) is 14.9 Å². The van der Waals surface area contributed by atoms with E-state index in [1.54, 1.807) is 0 Å². The minimum atomic E-state index is 0.0468. The number of nitrogens with zero attached hydrogens (tertiary/aromatic N) is 2. The van der Waals surface area contributed by atoms with Crippen LogP contribution < -0.4 is 5.32 Å². The summed E-state index contributed by atoms with van der Waals surface area (Å²) in [5.74, 6) is 1.40. The molecule has 1 aromatic heterocycles. The van der Waals surface area contributed by atoms with Gasteiger partial charge in [0.05, 0.1) is 11.0 Å². The first-order valence-corrected chi connectivity index (χ1v) is 8.00. The SMILES string of the molecule is O=C(Cn1c(CCCl)nc2cc(Br)ccc21)NC1CC1. The maximum absolute atomic E-state index is 12.0. The highest BCUT2D eigenvalue weighted by atomic mass is 79.9. The van der Waals surface area contributed by atoms with Crippen molar-refractivity contribution in [3.63, 3.8) is 0 Å². The van der Waals surface area contributed by atoms with Crippen LogP contribution in [0.5, 0.6) is 0 Å². The molecule has 1 saturated carbocycles. The van der Waals surface area contributed by atoms with Gasteiger partial charge in [0.2, 0.25) is 5.91 Å². The third kappa shape index (κ3) is 2.99.